The van der Waals surface area contributed by atoms with Crippen molar-refractivity contribution in [3.63, 3.8) is 0 Å². The van der Waals surface area contributed by atoms with Crippen LogP contribution < -0.4 is 5.32 Å². The number of anilines is 1. The number of carboxylic acids is 1. The number of hydrogen-bond donors (Lipinski definition) is 2. The van der Waals surface area contributed by atoms with Crippen LogP contribution in [0.3, 0.4) is 0 Å². The summed E-state index contributed by atoms with van der Waals surface area (Å²) in [6.45, 7) is 4.70. The van der Waals surface area contributed by atoms with Gasteiger partial charge in [-0.2, -0.15) is 0 Å². The molecule has 0 radical (unpaired) electrons. The van der Waals surface area contributed by atoms with Gasteiger partial charge in [0, 0.05) is 12.2 Å². The molecule has 0 aromatic heterocycles. The Balaban J connectivity index is 2.07. The van der Waals surface area contributed by atoms with Crippen LogP contribution in [0, 0.1) is 13.8 Å². The molecule has 0 aliphatic rings. The number of rotatable bonds is 4. The summed E-state index contributed by atoms with van der Waals surface area (Å²) in [6.07, 6.45) is 0. The van der Waals surface area contributed by atoms with Crippen molar-refractivity contribution < 1.29 is 9.90 Å². The molecule has 3 nitrogen and oxygen atoms in total. The van der Waals surface area contributed by atoms with E-state index in [9.17, 15) is 4.79 Å². The molecule has 0 aliphatic heterocycles. The Morgan fingerprint density at radius 3 is 2.37 bits per heavy atom. The third-order valence-electron chi connectivity index (χ3n) is 3.08. The van der Waals surface area contributed by atoms with Gasteiger partial charge in [-0.25, -0.2) is 4.79 Å². The van der Waals surface area contributed by atoms with Gasteiger partial charge >= 0.3 is 5.97 Å². The molecule has 0 fully saturated rings. The minimum absolute atomic E-state index is 0.318. The molecular weight excluding hydrogens is 238 g/mol. The molecule has 0 saturated carbocycles. The Bertz CT molecular complexity index is 588. The third-order valence-corrected chi connectivity index (χ3v) is 3.08. The fourth-order valence-electron chi connectivity index (χ4n) is 1.90. The van der Waals surface area contributed by atoms with Crippen molar-refractivity contribution >= 4 is 11.7 Å². The molecule has 2 aromatic rings. The molecule has 0 bridgehead atoms. The van der Waals surface area contributed by atoms with Gasteiger partial charge in [-0.15, -0.1) is 0 Å². The lowest BCUT2D eigenvalue weighted by Gasteiger charge is -2.10. The third kappa shape index (κ3) is 3.35. The molecule has 0 aliphatic carbocycles. The van der Waals surface area contributed by atoms with E-state index in [0.29, 0.717) is 5.56 Å². The van der Waals surface area contributed by atoms with Crippen LogP contribution in [-0.4, -0.2) is 11.1 Å². The van der Waals surface area contributed by atoms with Crippen LogP contribution in [-0.2, 0) is 6.54 Å². The summed E-state index contributed by atoms with van der Waals surface area (Å²) in [5.74, 6) is -0.895. The maximum atomic E-state index is 10.9. The SMILES string of the molecule is Cc1ccc(CNc2ccc(C(=O)O)cc2C)cc1. The molecule has 98 valence electrons. The minimum Gasteiger partial charge on any atom is -0.478 e. The first-order chi connectivity index (χ1) is 9.06. The molecule has 0 amide bonds. The van der Waals surface area contributed by atoms with Gasteiger partial charge in [-0.3, -0.25) is 0 Å². The van der Waals surface area contributed by atoms with Gasteiger partial charge < -0.3 is 10.4 Å². The van der Waals surface area contributed by atoms with Gasteiger partial charge in [-0.1, -0.05) is 29.8 Å². The van der Waals surface area contributed by atoms with E-state index in [2.05, 4.69) is 36.5 Å². The van der Waals surface area contributed by atoms with Crippen molar-refractivity contribution in [3.8, 4) is 0 Å². The maximum absolute atomic E-state index is 10.9. The number of benzene rings is 2. The van der Waals surface area contributed by atoms with E-state index in [4.69, 9.17) is 5.11 Å². The summed E-state index contributed by atoms with van der Waals surface area (Å²) < 4.78 is 0. The van der Waals surface area contributed by atoms with E-state index >= 15 is 0 Å². The normalized spacial score (nSPS) is 10.2. The maximum Gasteiger partial charge on any atom is 0.335 e. The van der Waals surface area contributed by atoms with Crippen molar-refractivity contribution in [1.82, 2.24) is 0 Å². The van der Waals surface area contributed by atoms with Gasteiger partial charge in [0.1, 0.15) is 0 Å². The van der Waals surface area contributed by atoms with E-state index < -0.39 is 5.97 Å². The zero-order chi connectivity index (χ0) is 13.8. The van der Waals surface area contributed by atoms with Crippen molar-refractivity contribution in [2.24, 2.45) is 0 Å². The van der Waals surface area contributed by atoms with E-state index in [1.807, 2.05) is 13.0 Å². The second-order valence-corrected chi connectivity index (χ2v) is 4.67. The quantitative estimate of drug-likeness (QED) is 0.877. The number of aryl methyl sites for hydroxylation is 2. The topological polar surface area (TPSA) is 49.3 Å². The Kier molecular flexibility index (Phi) is 3.85. The lowest BCUT2D eigenvalue weighted by molar-refractivity contribution is 0.0697. The lowest BCUT2D eigenvalue weighted by atomic mass is 10.1. The first kappa shape index (κ1) is 13.1. The minimum atomic E-state index is -0.895. The number of carbonyl (C=O) groups is 1. The van der Waals surface area contributed by atoms with Crippen LogP contribution in [0.15, 0.2) is 42.5 Å². The zero-order valence-electron chi connectivity index (χ0n) is 11.1. The summed E-state index contributed by atoms with van der Waals surface area (Å²) >= 11 is 0. The van der Waals surface area contributed by atoms with Crippen LogP contribution in [0.5, 0.6) is 0 Å². The molecule has 2 rings (SSSR count). The Labute approximate surface area is 112 Å². The van der Waals surface area contributed by atoms with Gasteiger partial charge in [0.15, 0.2) is 0 Å². The first-order valence-electron chi connectivity index (χ1n) is 6.19. The predicted molar refractivity (Wildman–Crippen MR) is 76.6 cm³/mol. The smallest absolute Gasteiger partial charge is 0.335 e. The number of nitrogens with one attached hydrogen (secondary N) is 1. The second-order valence-electron chi connectivity index (χ2n) is 4.67. The lowest BCUT2D eigenvalue weighted by Crippen LogP contribution is -2.03. The molecule has 2 N–H and O–H groups in total. The van der Waals surface area contributed by atoms with E-state index in [-0.39, 0.29) is 0 Å². The Morgan fingerprint density at radius 1 is 1.11 bits per heavy atom. The highest BCUT2D eigenvalue weighted by molar-refractivity contribution is 5.88. The highest BCUT2D eigenvalue weighted by Gasteiger charge is 2.05. The second kappa shape index (κ2) is 5.57. The van der Waals surface area contributed by atoms with Crippen LogP contribution in [0.25, 0.3) is 0 Å². The van der Waals surface area contributed by atoms with E-state index in [1.165, 1.54) is 11.1 Å². The highest BCUT2D eigenvalue weighted by Crippen LogP contribution is 2.17. The largest absolute Gasteiger partial charge is 0.478 e. The molecule has 0 atom stereocenters. The van der Waals surface area contributed by atoms with E-state index in [1.54, 1.807) is 12.1 Å². The van der Waals surface area contributed by atoms with Crippen LogP contribution in [0.2, 0.25) is 0 Å². The number of hydrogen-bond acceptors (Lipinski definition) is 2. The molecule has 19 heavy (non-hydrogen) atoms. The van der Waals surface area contributed by atoms with Crippen LogP contribution in [0.1, 0.15) is 27.0 Å². The number of carboxylic acid groups (broad SMARTS) is 1. The Hall–Kier alpha value is -2.29. The molecular formula is C16H17NO2. The monoisotopic (exact) mass is 255 g/mol. The molecule has 0 spiro atoms. The van der Waals surface area contributed by atoms with Gasteiger partial charge in [0.2, 0.25) is 0 Å². The van der Waals surface area contributed by atoms with Crippen LogP contribution >= 0.6 is 0 Å². The first-order valence-corrected chi connectivity index (χ1v) is 6.19. The van der Waals surface area contributed by atoms with Crippen molar-refractivity contribution in [3.05, 3.63) is 64.7 Å². The fourth-order valence-corrected chi connectivity index (χ4v) is 1.90. The molecule has 0 heterocycles. The molecule has 3 heteroatoms. The average molecular weight is 255 g/mol. The standard InChI is InChI=1S/C16H17NO2/c1-11-3-5-13(6-4-11)10-17-15-8-7-14(16(18)19)9-12(15)2/h3-9,17H,10H2,1-2H3,(H,18,19). The van der Waals surface area contributed by atoms with Crippen molar-refractivity contribution in [1.29, 1.82) is 0 Å². The summed E-state index contributed by atoms with van der Waals surface area (Å²) in [7, 11) is 0. The highest BCUT2D eigenvalue weighted by atomic mass is 16.4. The van der Waals surface area contributed by atoms with Crippen LogP contribution in [0.4, 0.5) is 5.69 Å². The number of aromatic carboxylic acids is 1. The molecule has 0 saturated heterocycles. The van der Waals surface area contributed by atoms with Crippen molar-refractivity contribution in [2.75, 3.05) is 5.32 Å². The zero-order valence-corrected chi connectivity index (χ0v) is 11.1. The van der Waals surface area contributed by atoms with E-state index in [0.717, 1.165) is 17.8 Å². The summed E-state index contributed by atoms with van der Waals surface area (Å²) in [4.78, 5) is 10.9. The average Bonchev–Trinajstić information content (AvgIpc) is 2.39. The van der Waals surface area contributed by atoms with Gasteiger partial charge in [0.25, 0.3) is 0 Å². The summed E-state index contributed by atoms with van der Waals surface area (Å²) in [5, 5.41) is 12.2. The van der Waals surface area contributed by atoms with Crippen molar-refractivity contribution in [2.45, 2.75) is 20.4 Å². The van der Waals surface area contributed by atoms with Gasteiger partial charge in [-0.05, 0) is 43.2 Å². The predicted octanol–water partition coefficient (Wildman–Crippen LogP) is 3.61. The molecule has 2 aromatic carbocycles. The summed E-state index contributed by atoms with van der Waals surface area (Å²) in [5.41, 5.74) is 4.66. The summed E-state index contributed by atoms with van der Waals surface area (Å²) in [6, 6.07) is 13.4. The fraction of sp³-hybridized carbons (Fsp3) is 0.188. The van der Waals surface area contributed by atoms with Gasteiger partial charge in [0.05, 0.1) is 5.56 Å². The Morgan fingerprint density at radius 2 is 1.79 bits per heavy atom. The molecule has 0 unspecified atom stereocenters.